The highest BCUT2D eigenvalue weighted by Gasteiger charge is 2.38. The van der Waals surface area contributed by atoms with Crippen LogP contribution in [0.2, 0.25) is 0 Å². The van der Waals surface area contributed by atoms with Crippen LogP contribution in [0.1, 0.15) is 47.5 Å². The molecule has 2 unspecified atom stereocenters. The summed E-state index contributed by atoms with van der Waals surface area (Å²) in [4.78, 5) is 22.7. The Morgan fingerprint density at radius 3 is 1.57 bits per heavy atom. The van der Waals surface area contributed by atoms with Gasteiger partial charge in [0.05, 0.1) is 0 Å². The molecule has 0 spiro atoms. The first-order valence-corrected chi connectivity index (χ1v) is 6.78. The fourth-order valence-corrected chi connectivity index (χ4v) is 3.30. The van der Waals surface area contributed by atoms with Crippen molar-refractivity contribution in [1.29, 1.82) is 0 Å². The van der Waals surface area contributed by atoms with Gasteiger partial charge in [0.15, 0.2) is 0 Å². The molecule has 0 saturated heterocycles. The van der Waals surface area contributed by atoms with E-state index in [9.17, 15) is 14.4 Å². The van der Waals surface area contributed by atoms with E-state index in [4.69, 9.17) is 0 Å². The second-order valence-corrected chi connectivity index (χ2v) is 6.30. The average molecular weight is 220 g/mol. The molecule has 2 atom stereocenters. The summed E-state index contributed by atoms with van der Waals surface area (Å²) in [6.45, 7) is 9.11. The van der Waals surface area contributed by atoms with Gasteiger partial charge in [-0.2, -0.15) is 0 Å². The lowest BCUT2D eigenvalue weighted by molar-refractivity contribution is -0.323. The highest BCUT2D eigenvalue weighted by atomic mass is 31.2. The van der Waals surface area contributed by atoms with Crippen molar-refractivity contribution in [3.05, 3.63) is 0 Å². The highest BCUT2D eigenvalue weighted by molar-refractivity contribution is 7.50. The zero-order valence-corrected chi connectivity index (χ0v) is 10.6. The SMILES string of the molecule is CCC(C)C(C)(C(C)CC)P(=O)([O-])[O-]. The Morgan fingerprint density at radius 1 is 1.14 bits per heavy atom. The van der Waals surface area contributed by atoms with E-state index in [0.717, 1.165) is 12.8 Å². The molecule has 0 aliphatic rings. The van der Waals surface area contributed by atoms with Crippen LogP contribution in [0.5, 0.6) is 0 Å². The zero-order valence-electron chi connectivity index (χ0n) is 9.74. The van der Waals surface area contributed by atoms with Crippen LogP contribution < -0.4 is 9.79 Å². The van der Waals surface area contributed by atoms with E-state index < -0.39 is 12.8 Å². The van der Waals surface area contributed by atoms with Crippen LogP contribution in [-0.2, 0) is 4.57 Å². The fourth-order valence-electron chi connectivity index (χ4n) is 1.85. The van der Waals surface area contributed by atoms with Gasteiger partial charge >= 0.3 is 0 Å². The second kappa shape index (κ2) is 4.78. The maximum atomic E-state index is 11.3. The largest absolute Gasteiger partial charge is 0.810 e. The maximum absolute atomic E-state index is 11.3. The molecule has 0 bridgehead atoms. The minimum absolute atomic E-state index is 0.0849. The Morgan fingerprint density at radius 2 is 1.43 bits per heavy atom. The first-order valence-electron chi connectivity index (χ1n) is 5.23. The molecule has 0 N–H and O–H groups in total. The second-order valence-electron chi connectivity index (χ2n) is 4.34. The van der Waals surface area contributed by atoms with E-state index in [1.807, 2.05) is 27.7 Å². The Hall–Kier alpha value is 0.150. The zero-order chi connectivity index (χ0) is 11.6. The van der Waals surface area contributed by atoms with Gasteiger partial charge < -0.3 is 14.4 Å². The van der Waals surface area contributed by atoms with Crippen LogP contribution in [-0.4, -0.2) is 5.16 Å². The van der Waals surface area contributed by atoms with Gasteiger partial charge in [-0.1, -0.05) is 55.1 Å². The van der Waals surface area contributed by atoms with Crippen LogP contribution in [0, 0.1) is 11.8 Å². The quantitative estimate of drug-likeness (QED) is 0.663. The summed E-state index contributed by atoms with van der Waals surface area (Å²) in [6, 6.07) is 0. The molecule has 14 heavy (non-hydrogen) atoms. The number of hydrogen-bond donors (Lipinski definition) is 0. The third kappa shape index (κ3) is 2.39. The molecular weight excluding hydrogens is 199 g/mol. The molecule has 0 aliphatic carbocycles. The third-order valence-electron chi connectivity index (χ3n) is 3.81. The van der Waals surface area contributed by atoms with E-state index in [1.165, 1.54) is 0 Å². The lowest BCUT2D eigenvalue weighted by Gasteiger charge is -2.54. The average Bonchev–Trinajstić information content (AvgIpc) is 2.12. The van der Waals surface area contributed by atoms with Crippen LogP contribution in [0.25, 0.3) is 0 Å². The standard InChI is InChI=1S/C10H23O3P/c1-6-8(3)10(5,9(4)7-2)14(11,12)13/h8-9H,6-7H2,1-5H3,(H2,11,12,13)/p-2. The minimum Gasteiger partial charge on any atom is -0.810 e. The van der Waals surface area contributed by atoms with E-state index in [0.29, 0.717) is 0 Å². The summed E-state index contributed by atoms with van der Waals surface area (Å²) in [6.07, 6.45) is 1.44. The molecule has 0 heterocycles. The van der Waals surface area contributed by atoms with Gasteiger partial charge in [-0.05, 0) is 11.8 Å². The van der Waals surface area contributed by atoms with E-state index in [-0.39, 0.29) is 11.8 Å². The fraction of sp³-hybridized carbons (Fsp3) is 1.00. The summed E-state index contributed by atoms with van der Waals surface area (Å²) in [5, 5.41) is -1.10. The minimum atomic E-state index is -4.53. The normalized spacial score (nSPS) is 21.4. The van der Waals surface area contributed by atoms with Crippen molar-refractivity contribution in [2.75, 3.05) is 0 Å². The summed E-state index contributed by atoms with van der Waals surface area (Å²) in [5.74, 6) is -0.170. The molecule has 4 heteroatoms. The van der Waals surface area contributed by atoms with Crippen molar-refractivity contribution < 1.29 is 14.4 Å². The molecule has 0 aromatic carbocycles. The molecule has 0 rings (SSSR count). The van der Waals surface area contributed by atoms with Crippen molar-refractivity contribution in [3.63, 3.8) is 0 Å². The molecule has 0 radical (unpaired) electrons. The van der Waals surface area contributed by atoms with Crippen molar-refractivity contribution >= 4 is 7.60 Å². The molecule has 0 aromatic heterocycles. The van der Waals surface area contributed by atoms with Gasteiger partial charge in [-0.15, -0.1) is 0 Å². The molecule has 0 amide bonds. The Bertz CT molecular complexity index is 211. The summed E-state index contributed by atoms with van der Waals surface area (Å²) in [5.41, 5.74) is 0. The van der Waals surface area contributed by atoms with Gasteiger partial charge in [0.25, 0.3) is 0 Å². The van der Waals surface area contributed by atoms with Crippen molar-refractivity contribution in [2.24, 2.45) is 11.8 Å². The summed E-state index contributed by atoms with van der Waals surface area (Å²) < 4.78 is 11.3. The molecular formula is C10H21O3P-2. The monoisotopic (exact) mass is 220 g/mol. The number of hydrogen-bond acceptors (Lipinski definition) is 3. The summed E-state index contributed by atoms with van der Waals surface area (Å²) in [7, 11) is -4.53. The van der Waals surface area contributed by atoms with Crippen LogP contribution >= 0.6 is 7.60 Å². The molecule has 3 nitrogen and oxygen atoms in total. The van der Waals surface area contributed by atoms with Crippen molar-refractivity contribution in [2.45, 2.75) is 52.6 Å². The van der Waals surface area contributed by atoms with Gasteiger partial charge in [0.1, 0.15) is 0 Å². The smallest absolute Gasteiger partial charge is 0.000306 e. The Labute approximate surface area is 87.1 Å². The van der Waals surface area contributed by atoms with Crippen LogP contribution in [0.15, 0.2) is 0 Å². The molecule has 86 valence electrons. The topological polar surface area (TPSA) is 63.2 Å². The van der Waals surface area contributed by atoms with Crippen molar-refractivity contribution in [3.8, 4) is 0 Å². The first kappa shape index (κ1) is 14.2. The number of rotatable bonds is 5. The predicted molar refractivity (Wildman–Crippen MR) is 54.9 cm³/mol. The molecule has 0 aromatic rings. The molecule has 0 saturated carbocycles. The third-order valence-corrected chi connectivity index (χ3v) is 5.87. The Balaban J connectivity index is 5.16. The van der Waals surface area contributed by atoms with Gasteiger partial charge in [-0.25, -0.2) is 0 Å². The van der Waals surface area contributed by atoms with Gasteiger partial charge in [0.2, 0.25) is 0 Å². The summed E-state index contributed by atoms with van der Waals surface area (Å²) >= 11 is 0. The predicted octanol–water partition coefficient (Wildman–Crippen LogP) is 1.75. The highest BCUT2D eigenvalue weighted by Crippen LogP contribution is 2.53. The van der Waals surface area contributed by atoms with E-state index in [1.54, 1.807) is 6.92 Å². The molecule has 0 aliphatic heterocycles. The van der Waals surface area contributed by atoms with Crippen LogP contribution in [0.3, 0.4) is 0 Å². The van der Waals surface area contributed by atoms with E-state index >= 15 is 0 Å². The maximum Gasteiger partial charge on any atom is 0.000306 e. The molecule has 0 fully saturated rings. The first-order chi connectivity index (χ1) is 6.21. The van der Waals surface area contributed by atoms with E-state index in [2.05, 4.69) is 0 Å². The van der Waals surface area contributed by atoms with Crippen LogP contribution in [0.4, 0.5) is 0 Å². The lowest BCUT2D eigenvalue weighted by Crippen LogP contribution is -2.46. The Kier molecular flexibility index (Phi) is 4.83. The van der Waals surface area contributed by atoms with Gasteiger partial charge in [0, 0.05) is 5.16 Å². The van der Waals surface area contributed by atoms with Gasteiger partial charge in [-0.3, -0.25) is 0 Å². The van der Waals surface area contributed by atoms with Crippen molar-refractivity contribution in [1.82, 2.24) is 0 Å². The lowest BCUT2D eigenvalue weighted by atomic mass is 9.81.